The first-order chi connectivity index (χ1) is 7.63. The molecule has 4 heteroatoms. The van der Waals surface area contributed by atoms with Crippen molar-refractivity contribution in [2.75, 3.05) is 7.05 Å². The van der Waals surface area contributed by atoms with E-state index in [4.69, 9.17) is 0 Å². The van der Waals surface area contributed by atoms with Crippen LogP contribution in [0.3, 0.4) is 0 Å². The molecule has 0 saturated heterocycles. The van der Waals surface area contributed by atoms with E-state index in [9.17, 15) is 0 Å². The van der Waals surface area contributed by atoms with E-state index in [1.54, 1.807) is 0 Å². The average molecular weight is 288 g/mol. The van der Waals surface area contributed by atoms with E-state index < -0.39 is 0 Å². The fraction of sp³-hybridized carbons (Fsp3) is 0.385. The highest BCUT2D eigenvalue weighted by molar-refractivity contribution is 7.12. The van der Waals surface area contributed by atoms with Gasteiger partial charge in [0.1, 0.15) is 0 Å². The number of nitrogens with zero attached hydrogens (tertiary/aromatic N) is 1. The highest BCUT2D eigenvalue weighted by atomic mass is 35.5. The van der Waals surface area contributed by atoms with Gasteiger partial charge in [-0.3, -0.25) is 4.90 Å². The molecule has 2 rings (SSSR count). The van der Waals surface area contributed by atoms with E-state index in [-0.39, 0.29) is 12.4 Å². The summed E-state index contributed by atoms with van der Waals surface area (Å²) in [6.45, 7) is 6.43. The van der Waals surface area contributed by atoms with Crippen LogP contribution in [-0.2, 0) is 13.1 Å². The normalized spacial score (nSPS) is 10.6. The molecule has 0 unspecified atom stereocenters. The van der Waals surface area contributed by atoms with Crippen LogP contribution < -0.4 is 0 Å². The van der Waals surface area contributed by atoms with Crippen LogP contribution in [-0.4, -0.2) is 11.9 Å². The van der Waals surface area contributed by atoms with E-state index in [1.807, 2.05) is 22.7 Å². The van der Waals surface area contributed by atoms with Gasteiger partial charge in [0.15, 0.2) is 0 Å². The van der Waals surface area contributed by atoms with Gasteiger partial charge in [-0.05, 0) is 45.2 Å². The first-order valence-corrected chi connectivity index (χ1v) is 7.06. The second-order valence-electron chi connectivity index (χ2n) is 4.20. The summed E-state index contributed by atoms with van der Waals surface area (Å²) in [7, 11) is 2.18. The van der Waals surface area contributed by atoms with Crippen molar-refractivity contribution >= 4 is 35.1 Å². The third-order valence-electron chi connectivity index (χ3n) is 2.44. The quantitative estimate of drug-likeness (QED) is 0.801. The molecule has 0 fully saturated rings. The van der Waals surface area contributed by atoms with Gasteiger partial charge in [0.05, 0.1) is 0 Å². The van der Waals surface area contributed by atoms with Gasteiger partial charge in [-0.1, -0.05) is 0 Å². The molecular weight excluding hydrogens is 270 g/mol. The van der Waals surface area contributed by atoms with Crippen molar-refractivity contribution in [3.63, 3.8) is 0 Å². The van der Waals surface area contributed by atoms with E-state index in [2.05, 4.69) is 50.1 Å². The van der Waals surface area contributed by atoms with Crippen LogP contribution in [0.2, 0.25) is 0 Å². The minimum absolute atomic E-state index is 0. The summed E-state index contributed by atoms with van der Waals surface area (Å²) in [5.74, 6) is 0. The summed E-state index contributed by atoms with van der Waals surface area (Å²) in [6, 6.07) is 8.86. The lowest BCUT2D eigenvalue weighted by Gasteiger charge is -2.14. The zero-order valence-corrected chi connectivity index (χ0v) is 12.8. The molecule has 0 aromatic carbocycles. The van der Waals surface area contributed by atoms with Crippen LogP contribution in [0.1, 0.15) is 19.5 Å². The number of aryl methyl sites for hydroxylation is 2. The Hall–Kier alpha value is -0.350. The molecule has 17 heavy (non-hydrogen) atoms. The van der Waals surface area contributed by atoms with Gasteiger partial charge >= 0.3 is 0 Å². The van der Waals surface area contributed by atoms with Crippen LogP contribution >= 0.6 is 35.1 Å². The number of halogens is 1. The number of hydrogen-bond donors (Lipinski definition) is 0. The van der Waals surface area contributed by atoms with Gasteiger partial charge in [0, 0.05) is 32.6 Å². The van der Waals surface area contributed by atoms with Gasteiger partial charge in [0.2, 0.25) is 0 Å². The molecule has 0 aliphatic rings. The average Bonchev–Trinajstić information content (AvgIpc) is 2.76. The lowest BCUT2D eigenvalue weighted by atomic mass is 10.4. The van der Waals surface area contributed by atoms with Crippen LogP contribution in [0.5, 0.6) is 0 Å². The fourth-order valence-corrected chi connectivity index (χ4v) is 3.67. The van der Waals surface area contributed by atoms with Crippen LogP contribution in [0.15, 0.2) is 24.3 Å². The Labute approximate surface area is 118 Å². The Morgan fingerprint density at radius 2 is 1.29 bits per heavy atom. The topological polar surface area (TPSA) is 3.24 Å². The van der Waals surface area contributed by atoms with Gasteiger partial charge in [-0.15, -0.1) is 35.1 Å². The Morgan fingerprint density at radius 1 is 0.882 bits per heavy atom. The Bertz CT molecular complexity index is 419. The van der Waals surface area contributed by atoms with Gasteiger partial charge in [-0.25, -0.2) is 0 Å². The van der Waals surface area contributed by atoms with Crippen LogP contribution in [0.25, 0.3) is 0 Å². The molecule has 0 aliphatic heterocycles. The second kappa shape index (κ2) is 6.55. The zero-order chi connectivity index (χ0) is 11.5. The van der Waals surface area contributed by atoms with Crippen molar-refractivity contribution in [3.8, 4) is 0 Å². The fourth-order valence-electron chi connectivity index (χ4n) is 1.73. The standard InChI is InChI=1S/C13H17NS2.ClH/c1-10-4-6-12(15-10)8-14(3)9-13-7-5-11(2)16-13;/h4-7H,8-9H2,1-3H3;1H. The first kappa shape index (κ1) is 14.7. The van der Waals surface area contributed by atoms with E-state index >= 15 is 0 Å². The molecule has 0 bridgehead atoms. The molecule has 0 aliphatic carbocycles. The first-order valence-electron chi connectivity index (χ1n) is 5.42. The van der Waals surface area contributed by atoms with Gasteiger partial charge in [0.25, 0.3) is 0 Å². The predicted molar refractivity (Wildman–Crippen MR) is 80.5 cm³/mol. The molecule has 1 nitrogen and oxygen atoms in total. The maximum atomic E-state index is 2.37. The third kappa shape index (κ3) is 4.43. The maximum absolute atomic E-state index is 2.37. The summed E-state index contributed by atoms with van der Waals surface area (Å²) in [4.78, 5) is 8.07. The van der Waals surface area contributed by atoms with E-state index in [0.29, 0.717) is 0 Å². The maximum Gasteiger partial charge on any atom is 0.0328 e. The summed E-state index contributed by atoms with van der Waals surface area (Å²) >= 11 is 3.79. The summed E-state index contributed by atoms with van der Waals surface area (Å²) < 4.78 is 0. The SMILES string of the molecule is Cc1ccc(CN(C)Cc2ccc(C)s2)s1.Cl. The van der Waals surface area contributed by atoms with Crippen molar-refractivity contribution in [2.24, 2.45) is 0 Å². The van der Waals surface area contributed by atoms with Crippen LogP contribution in [0.4, 0.5) is 0 Å². The molecule has 2 aromatic heterocycles. The number of rotatable bonds is 4. The molecule has 0 spiro atoms. The number of thiophene rings is 2. The summed E-state index contributed by atoms with van der Waals surface area (Å²) in [5, 5.41) is 0. The molecule has 0 radical (unpaired) electrons. The lowest BCUT2D eigenvalue weighted by Crippen LogP contribution is -2.15. The summed E-state index contributed by atoms with van der Waals surface area (Å²) in [5.41, 5.74) is 0. The van der Waals surface area contributed by atoms with Crippen molar-refractivity contribution in [2.45, 2.75) is 26.9 Å². The summed E-state index contributed by atoms with van der Waals surface area (Å²) in [6.07, 6.45) is 0. The van der Waals surface area contributed by atoms with E-state index in [0.717, 1.165) is 13.1 Å². The molecular formula is C13H18ClNS2. The molecule has 2 aromatic rings. The Morgan fingerprint density at radius 3 is 1.59 bits per heavy atom. The molecule has 94 valence electrons. The Kier molecular flexibility index (Phi) is 5.67. The lowest BCUT2D eigenvalue weighted by molar-refractivity contribution is 0.325. The van der Waals surface area contributed by atoms with Crippen molar-refractivity contribution in [1.82, 2.24) is 4.90 Å². The van der Waals surface area contributed by atoms with Crippen molar-refractivity contribution in [3.05, 3.63) is 43.8 Å². The second-order valence-corrected chi connectivity index (χ2v) is 6.94. The molecule has 0 amide bonds. The van der Waals surface area contributed by atoms with Crippen molar-refractivity contribution in [1.29, 1.82) is 0 Å². The van der Waals surface area contributed by atoms with Crippen molar-refractivity contribution < 1.29 is 0 Å². The monoisotopic (exact) mass is 287 g/mol. The van der Waals surface area contributed by atoms with Crippen LogP contribution in [0, 0.1) is 13.8 Å². The van der Waals surface area contributed by atoms with Gasteiger partial charge in [-0.2, -0.15) is 0 Å². The van der Waals surface area contributed by atoms with E-state index in [1.165, 1.54) is 19.5 Å². The number of hydrogen-bond acceptors (Lipinski definition) is 3. The molecule has 0 N–H and O–H groups in total. The highest BCUT2D eigenvalue weighted by Crippen LogP contribution is 2.20. The predicted octanol–water partition coefficient (Wildman–Crippen LogP) is 4.48. The molecule has 0 saturated carbocycles. The Balaban J connectivity index is 0.00000144. The molecule has 0 atom stereocenters. The minimum Gasteiger partial charge on any atom is -0.296 e. The highest BCUT2D eigenvalue weighted by Gasteiger charge is 2.04. The zero-order valence-electron chi connectivity index (χ0n) is 10.4. The smallest absolute Gasteiger partial charge is 0.0328 e. The third-order valence-corrected chi connectivity index (χ3v) is 4.41. The van der Waals surface area contributed by atoms with Gasteiger partial charge < -0.3 is 0 Å². The largest absolute Gasteiger partial charge is 0.296 e. The molecule has 2 heterocycles. The minimum atomic E-state index is 0.